The van der Waals surface area contributed by atoms with Crippen molar-refractivity contribution in [2.45, 2.75) is 31.7 Å². The van der Waals surface area contributed by atoms with E-state index in [2.05, 4.69) is 5.32 Å². The zero-order chi connectivity index (χ0) is 12.1. The summed E-state index contributed by atoms with van der Waals surface area (Å²) >= 11 is 0. The van der Waals surface area contributed by atoms with E-state index in [1.165, 1.54) is 0 Å². The summed E-state index contributed by atoms with van der Waals surface area (Å²) in [7, 11) is 0. The van der Waals surface area contributed by atoms with E-state index in [0.29, 0.717) is 31.4 Å². The monoisotopic (exact) mass is 233 g/mol. The molecule has 1 aromatic carbocycles. The Morgan fingerprint density at radius 2 is 1.82 bits per heavy atom. The standard InChI is InChI=1S/C13H15NO3/c15-11-8-6-10(7-9-11)14-13(16)17-12-4-2-1-3-5-12/h1-5,10H,6-9H2,(H,14,16). The highest BCUT2D eigenvalue weighted by molar-refractivity contribution is 5.79. The lowest BCUT2D eigenvalue weighted by Gasteiger charge is -2.21. The molecule has 4 nitrogen and oxygen atoms in total. The third kappa shape index (κ3) is 3.59. The maximum atomic E-state index is 11.5. The van der Waals surface area contributed by atoms with Crippen LogP contribution < -0.4 is 10.1 Å². The Morgan fingerprint density at radius 3 is 2.47 bits per heavy atom. The lowest BCUT2D eigenvalue weighted by Crippen LogP contribution is -2.39. The minimum absolute atomic E-state index is 0.0592. The van der Waals surface area contributed by atoms with Gasteiger partial charge in [-0.05, 0) is 25.0 Å². The number of rotatable bonds is 2. The van der Waals surface area contributed by atoms with Gasteiger partial charge in [-0.15, -0.1) is 0 Å². The molecule has 0 bridgehead atoms. The predicted octanol–water partition coefficient (Wildman–Crippen LogP) is 2.29. The first-order valence-electron chi connectivity index (χ1n) is 5.79. The normalized spacial score (nSPS) is 16.6. The van der Waals surface area contributed by atoms with E-state index in [4.69, 9.17) is 4.74 Å². The van der Waals surface area contributed by atoms with Crippen LogP contribution in [0.5, 0.6) is 5.75 Å². The maximum absolute atomic E-state index is 11.5. The second-order valence-corrected chi connectivity index (χ2v) is 4.16. The third-order valence-corrected chi connectivity index (χ3v) is 2.82. The van der Waals surface area contributed by atoms with E-state index >= 15 is 0 Å². The number of amides is 1. The summed E-state index contributed by atoms with van der Waals surface area (Å²) < 4.78 is 5.11. The summed E-state index contributed by atoms with van der Waals surface area (Å²) in [5.74, 6) is 0.802. The van der Waals surface area contributed by atoms with Gasteiger partial charge in [-0.2, -0.15) is 0 Å². The maximum Gasteiger partial charge on any atom is 0.412 e. The van der Waals surface area contributed by atoms with E-state index in [1.54, 1.807) is 12.1 Å². The van der Waals surface area contributed by atoms with Crippen LogP contribution in [-0.2, 0) is 4.79 Å². The Labute approximate surface area is 100.0 Å². The molecule has 1 amide bonds. The first-order chi connectivity index (χ1) is 8.24. The number of benzene rings is 1. The van der Waals surface area contributed by atoms with Crippen LogP contribution in [0, 0.1) is 0 Å². The van der Waals surface area contributed by atoms with Crippen molar-refractivity contribution < 1.29 is 14.3 Å². The fourth-order valence-corrected chi connectivity index (χ4v) is 1.88. The molecule has 0 aliphatic heterocycles. The van der Waals surface area contributed by atoms with Crippen LogP contribution >= 0.6 is 0 Å². The Morgan fingerprint density at radius 1 is 1.18 bits per heavy atom. The molecule has 1 aromatic rings. The summed E-state index contributed by atoms with van der Waals surface area (Å²) in [5.41, 5.74) is 0. The molecule has 0 atom stereocenters. The quantitative estimate of drug-likeness (QED) is 0.852. The van der Waals surface area contributed by atoms with Crippen LogP contribution in [0.3, 0.4) is 0 Å². The van der Waals surface area contributed by atoms with Crippen molar-refractivity contribution in [2.24, 2.45) is 0 Å². The molecule has 0 unspecified atom stereocenters. The average Bonchev–Trinajstić information content (AvgIpc) is 2.33. The fraction of sp³-hybridized carbons (Fsp3) is 0.385. The molecule has 2 rings (SSSR count). The number of hydrogen-bond acceptors (Lipinski definition) is 3. The molecular weight excluding hydrogens is 218 g/mol. The van der Waals surface area contributed by atoms with Crippen LogP contribution in [0.4, 0.5) is 4.79 Å². The van der Waals surface area contributed by atoms with Crippen LogP contribution in [0.15, 0.2) is 30.3 Å². The van der Waals surface area contributed by atoms with Gasteiger partial charge in [0.05, 0.1) is 0 Å². The van der Waals surface area contributed by atoms with Crippen molar-refractivity contribution in [2.75, 3.05) is 0 Å². The van der Waals surface area contributed by atoms with Crippen LogP contribution in [-0.4, -0.2) is 17.9 Å². The summed E-state index contributed by atoms with van der Waals surface area (Å²) in [4.78, 5) is 22.6. The number of nitrogens with one attached hydrogen (secondary N) is 1. The fourth-order valence-electron chi connectivity index (χ4n) is 1.88. The largest absolute Gasteiger partial charge is 0.412 e. The number of carbonyl (C=O) groups excluding carboxylic acids is 2. The smallest absolute Gasteiger partial charge is 0.410 e. The number of para-hydroxylation sites is 1. The summed E-state index contributed by atoms with van der Waals surface area (Å²) in [5, 5.41) is 2.77. The van der Waals surface area contributed by atoms with Crippen molar-refractivity contribution in [1.82, 2.24) is 5.32 Å². The highest BCUT2D eigenvalue weighted by Crippen LogP contribution is 2.15. The minimum Gasteiger partial charge on any atom is -0.410 e. The average molecular weight is 233 g/mol. The van der Waals surface area contributed by atoms with Gasteiger partial charge in [0.15, 0.2) is 0 Å². The van der Waals surface area contributed by atoms with Crippen LogP contribution in [0.1, 0.15) is 25.7 Å². The van der Waals surface area contributed by atoms with E-state index in [0.717, 1.165) is 0 Å². The van der Waals surface area contributed by atoms with Gasteiger partial charge in [0.25, 0.3) is 0 Å². The number of hydrogen-bond donors (Lipinski definition) is 1. The molecule has 1 N–H and O–H groups in total. The molecule has 0 heterocycles. The molecule has 4 heteroatoms. The number of carbonyl (C=O) groups is 2. The minimum atomic E-state index is -0.449. The molecule has 0 aromatic heterocycles. The van der Waals surface area contributed by atoms with Gasteiger partial charge < -0.3 is 10.1 Å². The van der Waals surface area contributed by atoms with Gasteiger partial charge in [0.2, 0.25) is 0 Å². The summed E-state index contributed by atoms with van der Waals surface area (Å²) in [6.45, 7) is 0. The Kier molecular flexibility index (Phi) is 3.75. The van der Waals surface area contributed by atoms with E-state index in [-0.39, 0.29) is 11.8 Å². The molecule has 90 valence electrons. The third-order valence-electron chi connectivity index (χ3n) is 2.82. The zero-order valence-electron chi connectivity index (χ0n) is 9.52. The van der Waals surface area contributed by atoms with E-state index in [1.807, 2.05) is 18.2 Å². The Bertz CT molecular complexity index is 392. The van der Waals surface area contributed by atoms with Crippen molar-refractivity contribution in [3.8, 4) is 5.75 Å². The molecule has 0 spiro atoms. The summed E-state index contributed by atoms with van der Waals surface area (Å²) in [6.07, 6.45) is 2.08. The molecule has 0 saturated heterocycles. The SMILES string of the molecule is O=C1CCC(NC(=O)Oc2ccccc2)CC1. The molecule has 1 aliphatic carbocycles. The molecule has 17 heavy (non-hydrogen) atoms. The lowest BCUT2D eigenvalue weighted by molar-refractivity contribution is -0.120. The van der Waals surface area contributed by atoms with Crippen molar-refractivity contribution in [3.63, 3.8) is 0 Å². The molecule has 1 fully saturated rings. The second-order valence-electron chi connectivity index (χ2n) is 4.16. The first kappa shape index (κ1) is 11.6. The van der Waals surface area contributed by atoms with Gasteiger partial charge in [-0.25, -0.2) is 4.79 Å². The summed E-state index contributed by atoms with van der Waals surface area (Å²) in [6, 6.07) is 8.99. The van der Waals surface area contributed by atoms with Gasteiger partial charge >= 0.3 is 6.09 Å². The zero-order valence-corrected chi connectivity index (χ0v) is 9.52. The predicted molar refractivity (Wildman–Crippen MR) is 62.9 cm³/mol. The topological polar surface area (TPSA) is 55.4 Å². The van der Waals surface area contributed by atoms with Crippen molar-refractivity contribution in [3.05, 3.63) is 30.3 Å². The molecule has 0 radical (unpaired) electrons. The Balaban J connectivity index is 1.80. The second kappa shape index (κ2) is 5.48. The number of ether oxygens (including phenoxy) is 1. The first-order valence-corrected chi connectivity index (χ1v) is 5.79. The van der Waals surface area contributed by atoms with Crippen LogP contribution in [0.25, 0.3) is 0 Å². The highest BCUT2D eigenvalue weighted by atomic mass is 16.6. The van der Waals surface area contributed by atoms with Crippen molar-refractivity contribution >= 4 is 11.9 Å². The highest BCUT2D eigenvalue weighted by Gasteiger charge is 2.20. The van der Waals surface area contributed by atoms with Crippen LogP contribution in [0.2, 0.25) is 0 Å². The molecule has 1 saturated carbocycles. The Hall–Kier alpha value is -1.84. The van der Waals surface area contributed by atoms with Gasteiger partial charge in [0.1, 0.15) is 11.5 Å². The van der Waals surface area contributed by atoms with Gasteiger partial charge in [-0.1, -0.05) is 18.2 Å². The van der Waals surface area contributed by atoms with Gasteiger partial charge in [0, 0.05) is 18.9 Å². The van der Waals surface area contributed by atoms with Gasteiger partial charge in [-0.3, -0.25) is 4.79 Å². The molecular formula is C13H15NO3. The number of Topliss-reactive ketones (excluding diaryl/α,β-unsaturated/α-hetero) is 1. The van der Waals surface area contributed by atoms with E-state index < -0.39 is 6.09 Å². The molecule has 1 aliphatic rings. The van der Waals surface area contributed by atoms with Crippen molar-refractivity contribution in [1.29, 1.82) is 0 Å². The number of ketones is 1. The lowest BCUT2D eigenvalue weighted by atomic mass is 9.95. The van der Waals surface area contributed by atoms with E-state index in [9.17, 15) is 9.59 Å².